The maximum absolute atomic E-state index is 5.01. The lowest BCUT2D eigenvalue weighted by Gasteiger charge is -2.25. The molecule has 0 aromatic carbocycles. The minimum Gasteiger partial charge on any atom is -0.346 e. The Morgan fingerprint density at radius 3 is 2.86 bits per heavy atom. The highest BCUT2D eigenvalue weighted by Gasteiger charge is 2.14. The average molecular weight is 249 g/mol. The van der Waals surface area contributed by atoms with Crippen LogP contribution in [0.5, 0.6) is 0 Å². The molecule has 0 spiro atoms. The number of hydrogen-bond acceptors (Lipinski definition) is 5. The predicted octanol–water partition coefficient (Wildman–Crippen LogP) is 2.78. The van der Waals surface area contributed by atoms with Crippen LogP contribution in [0.25, 0.3) is 0 Å². The van der Waals surface area contributed by atoms with Gasteiger partial charge in [0.05, 0.1) is 0 Å². The average Bonchev–Trinajstić information content (AvgIpc) is 2.60. The second-order valence-electron chi connectivity index (χ2n) is 3.02. The van der Waals surface area contributed by atoms with Gasteiger partial charge in [-0.05, 0) is 24.9 Å². The van der Waals surface area contributed by atoms with E-state index in [0.717, 1.165) is 21.3 Å². The van der Waals surface area contributed by atoms with Crippen LogP contribution in [0.4, 0.5) is 5.13 Å². The molecular weight excluding hydrogens is 234 g/mol. The summed E-state index contributed by atoms with van der Waals surface area (Å²) in [6.45, 7) is 2.20. The number of H-pyrrole nitrogens is 1. The smallest absolute Gasteiger partial charge is 0.206 e. The molecule has 0 aliphatic rings. The van der Waals surface area contributed by atoms with Gasteiger partial charge in [-0.15, -0.1) is 5.10 Å². The van der Waals surface area contributed by atoms with Crippen molar-refractivity contribution in [2.24, 2.45) is 0 Å². The first-order valence-electron chi connectivity index (χ1n) is 4.46. The van der Waals surface area contributed by atoms with E-state index in [0.29, 0.717) is 6.04 Å². The molecule has 0 fully saturated rings. The summed E-state index contributed by atoms with van der Waals surface area (Å²) < 4.78 is 0.742. The molecule has 1 atom stereocenters. The molecule has 80 valence electrons. The van der Waals surface area contributed by atoms with Crippen molar-refractivity contribution in [1.29, 1.82) is 0 Å². The molecule has 3 nitrogen and oxygen atoms in total. The summed E-state index contributed by atoms with van der Waals surface area (Å²) in [6, 6.07) is 0.541. The highest BCUT2D eigenvalue weighted by Crippen LogP contribution is 2.20. The van der Waals surface area contributed by atoms with Crippen LogP contribution in [-0.4, -0.2) is 35.3 Å². The lowest BCUT2D eigenvalue weighted by Crippen LogP contribution is -2.33. The standard InChI is InChI=1S/C8H15N3S3/c1-4-6(5-13-3)11(2)7-9-10-8(12)14-7/h6H,4-5H2,1-3H3,(H,10,12). The minimum absolute atomic E-state index is 0.541. The number of thioether (sulfide) groups is 1. The van der Waals surface area contributed by atoms with Crippen LogP contribution in [-0.2, 0) is 0 Å². The minimum atomic E-state index is 0.541. The van der Waals surface area contributed by atoms with Gasteiger partial charge in [-0.2, -0.15) is 11.8 Å². The molecule has 1 N–H and O–H groups in total. The fourth-order valence-electron chi connectivity index (χ4n) is 1.22. The van der Waals surface area contributed by atoms with Crippen LogP contribution in [0.2, 0.25) is 0 Å². The van der Waals surface area contributed by atoms with Crippen LogP contribution in [0.3, 0.4) is 0 Å². The normalized spacial score (nSPS) is 12.8. The third-order valence-corrected chi connectivity index (χ3v) is 4.00. The number of anilines is 1. The van der Waals surface area contributed by atoms with Crippen LogP contribution >= 0.6 is 35.3 Å². The van der Waals surface area contributed by atoms with Gasteiger partial charge in [0.25, 0.3) is 0 Å². The third-order valence-electron chi connectivity index (χ3n) is 2.11. The lowest BCUT2D eigenvalue weighted by atomic mass is 10.2. The quantitative estimate of drug-likeness (QED) is 0.813. The summed E-state index contributed by atoms with van der Waals surface area (Å²) in [5.74, 6) is 1.12. The van der Waals surface area contributed by atoms with Crippen molar-refractivity contribution < 1.29 is 0 Å². The predicted molar refractivity (Wildman–Crippen MR) is 68.2 cm³/mol. The summed E-state index contributed by atoms with van der Waals surface area (Å²) in [7, 11) is 2.08. The third kappa shape index (κ3) is 2.96. The zero-order chi connectivity index (χ0) is 10.6. The van der Waals surface area contributed by atoms with Gasteiger partial charge in [0, 0.05) is 18.8 Å². The van der Waals surface area contributed by atoms with Crippen LogP contribution < -0.4 is 4.90 Å². The molecule has 6 heteroatoms. The molecule has 1 unspecified atom stereocenters. The zero-order valence-corrected chi connectivity index (χ0v) is 11.1. The Balaban J connectivity index is 2.71. The summed E-state index contributed by atoms with van der Waals surface area (Å²) in [4.78, 5) is 2.20. The van der Waals surface area contributed by atoms with Gasteiger partial charge in [-0.3, -0.25) is 5.10 Å². The van der Waals surface area contributed by atoms with Crippen molar-refractivity contribution >= 4 is 40.4 Å². The summed E-state index contributed by atoms with van der Waals surface area (Å²) >= 11 is 8.40. The maximum atomic E-state index is 5.01. The largest absolute Gasteiger partial charge is 0.346 e. The van der Waals surface area contributed by atoms with E-state index in [1.807, 2.05) is 11.8 Å². The fourth-order valence-corrected chi connectivity index (χ4v) is 2.98. The number of rotatable bonds is 5. The molecule has 0 aliphatic heterocycles. The maximum Gasteiger partial charge on any atom is 0.206 e. The van der Waals surface area contributed by atoms with Crippen molar-refractivity contribution in [2.45, 2.75) is 19.4 Å². The first-order chi connectivity index (χ1) is 6.69. The number of aromatic nitrogens is 2. The van der Waals surface area contributed by atoms with Gasteiger partial charge in [0.15, 0.2) is 3.95 Å². The van der Waals surface area contributed by atoms with Gasteiger partial charge in [0.1, 0.15) is 0 Å². The summed E-state index contributed by atoms with van der Waals surface area (Å²) in [5.41, 5.74) is 0. The second-order valence-corrected chi connectivity index (χ2v) is 5.58. The van der Waals surface area contributed by atoms with Gasteiger partial charge < -0.3 is 4.90 Å². The van der Waals surface area contributed by atoms with Gasteiger partial charge >= 0.3 is 0 Å². The van der Waals surface area contributed by atoms with Gasteiger partial charge in [0.2, 0.25) is 5.13 Å². The van der Waals surface area contributed by atoms with E-state index in [1.165, 1.54) is 11.3 Å². The molecule has 0 saturated carbocycles. The zero-order valence-electron chi connectivity index (χ0n) is 8.61. The molecule has 0 aliphatic carbocycles. The van der Waals surface area contributed by atoms with E-state index < -0.39 is 0 Å². The molecule has 0 radical (unpaired) electrons. The van der Waals surface area contributed by atoms with E-state index >= 15 is 0 Å². The lowest BCUT2D eigenvalue weighted by molar-refractivity contribution is 0.668. The Labute approximate surface area is 97.9 Å². The number of nitrogens with one attached hydrogen (secondary N) is 1. The highest BCUT2D eigenvalue weighted by atomic mass is 32.2. The van der Waals surface area contributed by atoms with Crippen LogP contribution in [0, 0.1) is 3.95 Å². The second kappa shape index (κ2) is 5.72. The number of aromatic amines is 1. The molecule has 1 aromatic heterocycles. The van der Waals surface area contributed by atoms with E-state index in [9.17, 15) is 0 Å². The van der Waals surface area contributed by atoms with E-state index in [1.54, 1.807) is 0 Å². The topological polar surface area (TPSA) is 31.9 Å². The molecule has 0 amide bonds. The number of nitrogens with zero attached hydrogens (tertiary/aromatic N) is 2. The Kier molecular flexibility index (Phi) is 4.91. The van der Waals surface area contributed by atoms with Crippen molar-refractivity contribution in [3.05, 3.63) is 3.95 Å². The molecular formula is C8H15N3S3. The van der Waals surface area contributed by atoms with Gasteiger partial charge in [-0.1, -0.05) is 18.3 Å². The fraction of sp³-hybridized carbons (Fsp3) is 0.750. The van der Waals surface area contributed by atoms with Crippen LogP contribution in [0.15, 0.2) is 0 Å². The Morgan fingerprint density at radius 1 is 1.71 bits per heavy atom. The van der Waals surface area contributed by atoms with Crippen LogP contribution in [0.1, 0.15) is 13.3 Å². The molecule has 0 bridgehead atoms. The molecule has 1 aromatic rings. The summed E-state index contributed by atoms with van der Waals surface area (Å²) in [6.07, 6.45) is 3.26. The Bertz CT molecular complexity index is 320. The monoisotopic (exact) mass is 249 g/mol. The number of hydrogen-bond donors (Lipinski definition) is 1. The molecule has 14 heavy (non-hydrogen) atoms. The Morgan fingerprint density at radius 2 is 2.43 bits per heavy atom. The first-order valence-corrected chi connectivity index (χ1v) is 7.08. The van der Waals surface area contributed by atoms with E-state index in [4.69, 9.17) is 12.2 Å². The van der Waals surface area contributed by atoms with Crippen molar-refractivity contribution in [1.82, 2.24) is 10.2 Å². The van der Waals surface area contributed by atoms with Crippen molar-refractivity contribution in [2.75, 3.05) is 24.0 Å². The van der Waals surface area contributed by atoms with E-state index in [-0.39, 0.29) is 0 Å². The van der Waals surface area contributed by atoms with Gasteiger partial charge in [-0.25, -0.2) is 0 Å². The summed E-state index contributed by atoms with van der Waals surface area (Å²) in [5, 5.41) is 7.96. The SMILES string of the molecule is CCC(CSC)N(C)c1n[nH]c(=S)s1. The van der Waals surface area contributed by atoms with Crippen molar-refractivity contribution in [3.8, 4) is 0 Å². The highest BCUT2D eigenvalue weighted by molar-refractivity contribution is 7.98. The molecule has 1 rings (SSSR count). The first kappa shape index (κ1) is 12.0. The molecule has 1 heterocycles. The van der Waals surface area contributed by atoms with E-state index in [2.05, 4.69) is 35.3 Å². The Hall–Kier alpha value is -0.0700. The van der Waals surface area contributed by atoms with Crippen molar-refractivity contribution in [3.63, 3.8) is 0 Å². The molecule has 0 saturated heterocycles.